The molecule has 8 nitrogen and oxygen atoms in total. The van der Waals surface area contributed by atoms with Crippen LogP contribution in [0.1, 0.15) is 38.4 Å². The van der Waals surface area contributed by atoms with Gasteiger partial charge in [0.2, 0.25) is 11.8 Å². The minimum Gasteiger partial charge on any atom is -0.340 e. The van der Waals surface area contributed by atoms with Gasteiger partial charge in [-0.3, -0.25) is 4.79 Å². The molecule has 8 heteroatoms. The summed E-state index contributed by atoms with van der Waals surface area (Å²) in [6.07, 6.45) is 2.26. The summed E-state index contributed by atoms with van der Waals surface area (Å²) in [7, 11) is 0. The minimum atomic E-state index is -0.0494. The first-order chi connectivity index (χ1) is 11.0. The second kappa shape index (κ2) is 7.94. The Hall–Kier alpha value is -2.12. The van der Waals surface area contributed by atoms with Crippen LogP contribution in [0.3, 0.4) is 0 Å². The molecule has 128 valence electrons. The normalized spacial score (nSPS) is 17.3. The quantitative estimate of drug-likeness (QED) is 0.842. The third kappa shape index (κ3) is 4.67. The van der Waals surface area contributed by atoms with E-state index >= 15 is 0 Å². The van der Waals surface area contributed by atoms with Crippen LogP contribution in [0.5, 0.6) is 0 Å². The van der Waals surface area contributed by atoms with Crippen LogP contribution in [-0.2, 0) is 11.2 Å². The molecule has 1 aromatic heterocycles. The third-order valence-electron chi connectivity index (χ3n) is 3.97. The molecule has 1 fully saturated rings. The summed E-state index contributed by atoms with van der Waals surface area (Å²) >= 11 is 0. The fourth-order valence-electron chi connectivity index (χ4n) is 2.78. The Morgan fingerprint density at radius 1 is 1.48 bits per heavy atom. The monoisotopic (exact) mass is 323 g/mol. The number of hydrogen-bond donors (Lipinski definition) is 1. The highest BCUT2D eigenvalue weighted by atomic mass is 16.5. The van der Waals surface area contributed by atoms with Crippen molar-refractivity contribution >= 4 is 11.9 Å². The van der Waals surface area contributed by atoms with Crippen molar-refractivity contribution in [2.24, 2.45) is 0 Å². The van der Waals surface area contributed by atoms with Gasteiger partial charge in [0.05, 0.1) is 6.04 Å². The smallest absolute Gasteiger partial charge is 0.317 e. The average molecular weight is 323 g/mol. The number of nitrogens with one attached hydrogen (secondary N) is 1. The largest absolute Gasteiger partial charge is 0.340 e. The van der Waals surface area contributed by atoms with Gasteiger partial charge in [0, 0.05) is 46.4 Å². The molecule has 2 heterocycles. The number of urea groups is 1. The molecular weight excluding hydrogens is 298 g/mol. The summed E-state index contributed by atoms with van der Waals surface area (Å²) in [5.74, 6) is 1.13. The fourth-order valence-corrected chi connectivity index (χ4v) is 2.78. The molecule has 1 aliphatic heterocycles. The zero-order chi connectivity index (χ0) is 16.8. The molecule has 0 spiro atoms. The molecule has 0 radical (unpaired) electrons. The van der Waals surface area contributed by atoms with E-state index in [2.05, 4.69) is 15.5 Å². The number of nitrogens with zero attached hydrogens (tertiary/aromatic N) is 4. The van der Waals surface area contributed by atoms with Gasteiger partial charge in [-0.1, -0.05) is 12.1 Å². The van der Waals surface area contributed by atoms with Gasteiger partial charge in [0.1, 0.15) is 0 Å². The van der Waals surface area contributed by atoms with Gasteiger partial charge in [0.25, 0.3) is 0 Å². The third-order valence-corrected chi connectivity index (χ3v) is 3.97. The molecule has 0 bridgehead atoms. The van der Waals surface area contributed by atoms with Crippen molar-refractivity contribution in [3.8, 4) is 0 Å². The van der Waals surface area contributed by atoms with E-state index in [0.29, 0.717) is 44.3 Å². The van der Waals surface area contributed by atoms with Gasteiger partial charge in [-0.25, -0.2) is 4.79 Å². The molecule has 2 rings (SSSR count). The number of aromatic nitrogens is 2. The summed E-state index contributed by atoms with van der Waals surface area (Å²) in [5.41, 5.74) is 0. The van der Waals surface area contributed by atoms with Crippen LogP contribution in [0, 0.1) is 6.92 Å². The number of carbonyl (C=O) groups is 2. The zero-order valence-corrected chi connectivity index (χ0v) is 14.0. The predicted molar refractivity (Wildman–Crippen MR) is 83.8 cm³/mol. The van der Waals surface area contributed by atoms with Gasteiger partial charge in [0.15, 0.2) is 5.82 Å². The first-order valence-corrected chi connectivity index (χ1v) is 8.10. The van der Waals surface area contributed by atoms with Crippen LogP contribution in [0.4, 0.5) is 4.79 Å². The van der Waals surface area contributed by atoms with Crippen molar-refractivity contribution in [1.29, 1.82) is 0 Å². The lowest BCUT2D eigenvalue weighted by Gasteiger charge is -2.27. The maximum Gasteiger partial charge on any atom is 0.317 e. The molecule has 1 saturated heterocycles. The van der Waals surface area contributed by atoms with E-state index in [1.807, 2.05) is 6.92 Å². The van der Waals surface area contributed by atoms with Gasteiger partial charge in [-0.2, -0.15) is 4.98 Å². The number of likely N-dealkylation sites (tertiary alicyclic amines) is 1. The molecule has 23 heavy (non-hydrogen) atoms. The molecule has 0 aliphatic carbocycles. The van der Waals surface area contributed by atoms with Crippen molar-refractivity contribution in [1.82, 2.24) is 25.3 Å². The van der Waals surface area contributed by atoms with E-state index in [9.17, 15) is 9.59 Å². The zero-order valence-electron chi connectivity index (χ0n) is 14.0. The Balaban J connectivity index is 1.88. The SMILES string of the molecule is CCCNC(=O)N1CCC(N(CCc2noc(C)n2)C(C)=O)C1. The van der Waals surface area contributed by atoms with Crippen molar-refractivity contribution in [2.75, 3.05) is 26.2 Å². The number of aryl methyl sites for hydroxylation is 1. The highest BCUT2D eigenvalue weighted by Gasteiger charge is 2.31. The molecule has 1 aromatic rings. The Bertz CT molecular complexity index is 545. The van der Waals surface area contributed by atoms with E-state index in [4.69, 9.17) is 4.52 Å². The van der Waals surface area contributed by atoms with Gasteiger partial charge in [-0.15, -0.1) is 0 Å². The Labute approximate surface area is 136 Å². The van der Waals surface area contributed by atoms with E-state index in [0.717, 1.165) is 12.8 Å². The lowest BCUT2D eigenvalue weighted by molar-refractivity contribution is -0.130. The molecule has 1 N–H and O–H groups in total. The van der Waals surface area contributed by atoms with Gasteiger partial charge < -0.3 is 19.6 Å². The molecule has 1 unspecified atom stereocenters. The van der Waals surface area contributed by atoms with E-state index in [1.165, 1.54) is 0 Å². The lowest BCUT2D eigenvalue weighted by atomic mass is 10.2. The van der Waals surface area contributed by atoms with Crippen molar-refractivity contribution < 1.29 is 14.1 Å². The second-order valence-corrected chi connectivity index (χ2v) is 5.81. The average Bonchev–Trinajstić information content (AvgIpc) is 3.14. The minimum absolute atomic E-state index is 0.00559. The van der Waals surface area contributed by atoms with Crippen LogP contribution in [0.25, 0.3) is 0 Å². The fraction of sp³-hybridized carbons (Fsp3) is 0.733. The summed E-state index contributed by atoms with van der Waals surface area (Å²) < 4.78 is 4.94. The van der Waals surface area contributed by atoms with Crippen molar-refractivity contribution in [2.45, 2.75) is 46.1 Å². The Morgan fingerprint density at radius 3 is 2.87 bits per heavy atom. The molecule has 0 aromatic carbocycles. The Kier molecular flexibility index (Phi) is 5.95. The van der Waals surface area contributed by atoms with Gasteiger partial charge >= 0.3 is 6.03 Å². The van der Waals surface area contributed by atoms with Crippen LogP contribution in [0.2, 0.25) is 0 Å². The molecule has 1 aliphatic rings. The Morgan fingerprint density at radius 2 is 2.26 bits per heavy atom. The molecule has 3 amide bonds. The number of amides is 3. The van der Waals surface area contributed by atoms with Crippen LogP contribution in [-0.4, -0.2) is 64.1 Å². The summed E-state index contributed by atoms with van der Waals surface area (Å²) in [5, 5.41) is 6.73. The van der Waals surface area contributed by atoms with E-state index in [-0.39, 0.29) is 18.0 Å². The summed E-state index contributed by atoms with van der Waals surface area (Å²) in [4.78, 5) is 31.7. The topological polar surface area (TPSA) is 91.6 Å². The predicted octanol–water partition coefficient (Wildman–Crippen LogP) is 0.963. The first kappa shape index (κ1) is 17.2. The number of rotatable bonds is 6. The summed E-state index contributed by atoms with van der Waals surface area (Å²) in [6, 6.07) is -0.000445. The maximum atomic E-state index is 12.0. The molecule has 1 atom stereocenters. The number of hydrogen-bond acceptors (Lipinski definition) is 5. The lowest BCUT2D eigenvalue weighted by Crippen LogP contribution is -2.44. The maximum absolute atomic E-state index is 12.0. The van der Waals surface area contributed by atoms with Gasteiger partial charge in [-0.05, 0) is 12.8 Å². The van der Waals surface area contributed by atoms with Crippen LogP contribution >= 0.6 is 0 Å². The van der Waals surface area contributed by atoms with Crippen LogP contribution in [0.15, 0.2) is 4.52 Å². The standard InChI is InChI=1S/C15H25N5O3/c1-4-7-16-15(22)19-8-5-13(10-19)20(12(3)21)9-6-14-17-11(2)23-18-14/h13H,4-10H2,1-3H3,(H,16,22). The van der Waals surface area contributed by atoms with Crippen LogP contribution < -0.4 is 5.32 Å². The van der Waals surface area contributed by atoms with Crippen molar-refractivity contribution in [3.05, 3.63) is 11.7 Å². The van der Waals surface area contributed by atoms with E-state index in [1.54, 1.807) is 23.6 Å². The molecular formula is C15H25N5O3. The second-order valence-electron chi connectivity index (χ2n) is 5.81. The summed E-state index contributed by atoms with van der Waals surface area (Å²) in [6.45, 7) is 7.76. The number of carbonyl (C=O) groups excluding carboxylic acids is 2. The first-order valence-electron chi connectivity index (χ1n) is 8.10. The highest BCUT2D eigenvalue weighted by molar-refractivity contribution is 5.76. The van der Waals surface area contributed by atoms with Crippen molar-refractivity contribution in [3.63, 3.8) is 0 Å². The van der Waals surface area contributed by atoms with E-state index < -0.39 is 0 Å². The molecule has 0 saturated carbocycles. The highest BCUT2D eigenvalue weighted by Crippen LogP contribution is 2.16.